The van der Waals surface area contributed by atoms with Crippen LogP contribution in [-0.4, -0.2) is 29.8 Å². The summed E-state index contributed by atoms with van der Waals surface area (Å²) in [5, 5.41) is 10.1. The summed E-state index contributed by atoms with van der Waals surface area (Å²) in [5.74, 6) is 1.60. The molecule has 0 amide bonds. The van der Waals surface area contributed by atoms with Crippen LogP contribution in [0.15, 0.2) is 11.6 Å². The molecular weight excluding hydrogens is 364 g/mol. The molecule has 0 aromatic rings. The zero-order chi connectivity index (χ0) is 19.7. The van der Waals surface area contributed by atoms with E-state index in [1.807, 2.05) is 6.92 Å². The summed E-state index contributed by atoms with van der Waals surface area (Å²) >= 11 is 0. The van der Waals surface area contributed by atoms with Crippen molar-refractivity contribution < 1.29 is 22.3 Å². The van der Waals surface area contributed by atoms with Crippen LogP contribution in [0.1, 0.15) is 78.6 Å². The Balaban J connectivity index is 1.67. The molecule has 4 aliphatic rings. The van der Waals surface area contributed by atoms with Gasteiger partial charge in [-0.15, -0.1) is 0 Å². The van der Waals surface area contributed by atoms with Gasteiger partial charge in [0.2, 0.25) is 0 Å². The molecule has 0 aliphatic heterocycles. The van der Waals surface area contributed by atoms with Crippen molar-refractivity contribution in [2.24, 2.45) is 28.6 Å². The highest BCUT2D eigenvalue weighted by atomic mass is 32.3. The second-order valence-electron chi connectivity index (χ2n) is 9.98. The molecule has 3 fully saturated rings. The van der Waals surface area contributed by atoms with E-state index in [0.717, 1.165) is 44.9 Å². The fourth-order valence-electron chi connectivity index (χ4n) is 7.78. The van der Waals surface area contributed by atoms with Crippen LogP contribution in [0.4, 0.5) is 0 Å². The van der Waals surface area contributed by atoms with E-state index < -0.39 is 16.0 Å². The van der Waals surface area contributed by atoms with Gasteiger partial charge < -0.3 is 5.11 Å². The van der Waals surface area contributed by atoms with Gasteiger partial charge in [-0.25, -0.2) is 4.18 Å². The van der Waals surface area contributed by atoms with Gasteiger partial charge in [-0.3, -0.25) is 4.55 Å². The zero-order valence-corrected chi connectivity index (χ0v) is 17.6. The quantitative estimate of drug-likeness (QED) is 0.548. The second-order valence-corrected chi connectivity index (χ2v) is 11.0. The lowest BCUT2D eigenvalue weighted by Crippen LogP contribution is -2.56. The Morgan fingerprint density at radius 3 is 2.48 bits per heavy atom. The van der Waals surface area contributed by atoms with E-state index in [2.05, 4.69) is 19.9 Å². The van der Waals surface area contributed by atoms with Crippen molar-refractivity contribution in [1.29, 1.82) is 0 Å². The molecule has 4 rings (SSSR count). The van der Waals surface area contributed by atoms with Crippen LogP contribution in [0.3, 0.4) is 0 Å². The average molecular weight is 399 g/mol. The fraction of sp³-hybridized carbons (Fsp3) is 0.905. The van der Waals surface area contributed by atoms with E-state index in [1.165, 1.54) is 5.57 Å². The van der Waals surface area contributed by atoms with E-state index in [0.29, 0.717) is 30.6 Å². The van der Waals surface area contributed by atoms with Gasteiger partial charge in [-0.05, 0) is 81.0 Å². The van der Waals surface area contributed by atoms with Crippen molar-refractivity contribution in [2.75, 3.05) is 0 Å². The van der Waals surface area contributed by atoms with Crippen LogP contribution in [-0.2, 0) is 14.6 Å². The molecule has 7 atom stereocenters. The molecule has 5 nitrogen and oxygen atoms in total. The Labute approximate surface area is 163 Å². The molecule has 0 spiro atoms. The fourth-order valence-corrected chi connectivity index (χ4v) is 8.58. The average Bonchev–Trinajstić information content (AvgIpc) is 2.87. The van der Waals surface area contributed by atoms with E-state index in [9.17, 15) is 18.1 Å². The maximum atomic E-state index is 11.6. The summed E-state index contributed by atoms with van der Waals surface area (Å²) in [4.78, 5) is 0. The van der Waals surface area contributed by atoms with E-state index >= 15 is 0 Å². The summed E-state index contributed by atoms with van der Waals surface area (Å²) in [7, 11) is -4.47. The maximum Gasteiger partial charge on any atom is 0.397 e. The normalized spacial score (nSPS) is 49.7. The van der Waals surface area contributed by atoms with Gasteiger partial charge in [0, 0.05) is 5.41 Å². The Kier molecular flexibility index (Phi) is 4.62. The molecule has 2 N–H and O–H groups in total. The minimum atomic E-state index is -4.47. The molecule has 0 unspecified atom stereocenters. The third kappa shape index (κ3) is 2.85. The number of aliphatic hydroxyl groups excluding tert-OH is 1. The number of hydrogen-bond donors (Lipinski definition) is 2. The van der Waals surface area contributed by atoms with Crippen LogP contribution < -0.4 is 0 Å². The van der Waals surface area contributed by atoms with E-state index in [1.54, 1.807) is 0 Å². The molecule has 154 valence electrons. The molecule has 27 heavy (non-hydrogen) atoms. The summed E-state index contributed by atoms with van der Waals surface area (Å²) < 4.78 is 38.1. The highest BCUT2D eigenvalue weighted by molar-refractivity contribution is 7.80. The first-order valence-corrected chi connectivity index (χ1v) is 12.0. The molecule has 0 radical (unpaired) electrons. The van der Waals surface area contributed by atoms with Gasteiger partial charge in [0.1, 0.15) is 0 Å². The predicted molar refractivity (Wildman–Crippen MR) is 103 cm³/mol. The first kappa shape index (κ1) is 19.9. The van der Waals surface area contributed by atoms with Crippen molar-refractivity contribution in [3.8, 4) is 0 Å². The Morgan fingerprint density at radius 1 is 1.11 bits per heavy atom. The highest BCUT2D eigenvalue weighted by Crippen LogP contribution is 2.69. The topological polar surface area (TPSA) is 83.8 Å². The minimum Gasteiger partial charge on any atom is -0.389 e. The largest absolute Gasteiger partial charge is 0.397 e. The predicted octanol–water partition coefficient (Wildman–Crippen LogP) is 4.28. The minimum absolute atomic E-state index is 0.171. The summed E-state index contributed by atoms with van der Waals surface area (Å²) in [6.45, 7) is 6.57. The lowest BCUT2D eigenvalue weighted by molar-refractivity contribution is -0.117. The number of fused-ring (bicyclic) bond motifs is 5. The number of rotatable bonds is 3. The van der Waals surface area contributed by atoms with Crippen LogP contribution in [0.5, 0.6) is 0 Å². The maximum absolute atomic E-state index is 11.6. The first-order chi connectivity index (χ1) is 12.5. The molecule has 0 aromatic carbocycles. The molecule has 0 bridgehead atoms. The van der Waals surface area contributed by atoms with Crippen molar-refractivity contribution in [3.05, 3.63) is 11.6 Å². The number of hydrogen-bond acceptors (Lipinski definition) is 4. The molecule has 4 aliphatic carbocycles. The second kappa shape index (κ2) is 6.28. The summed E-state index contributed by atoms with van der Waals surface area (Å²) in [5.41, 5.74) is 0.616. The van der Waals surface area contributed by atoms with E-state index in [-0.39, 0.29) is 16.9 Å². The van der Waals surface area contributed by atoms with Crippen molar-refractivity contribution in [2.45, 2.75) is 90.3 Å². The van der Waals surface area contributed by atoms with Crippen molar-refractivity contribution >= 4 is 10.4 Å². The van der Waals surface area contributed by atoms with Gasteiger partial charge in [0.25, 0.3) is 0 Å². The summed E-state index contributed by atoms with van der Waals surface area (Å²) in [6.07, 6.45) is 10.1. The molecular formula is C21H34O5S. The SMILES string of the molecule is CC[C@@]1(OS(=O)(=O)O)CC[C@H]2[C@@H]3CCC4=C[C@@H](O)CC[C@]4(C)[C@H]3CC[C@@]21C. The smallest absolute Gasteiger partial charge is 0.389 e. The van der Waals surface area contributed by atoms with Crippen LogP contribution >= 0.6 is 0 Å². The monoisotopic (exact) mass is 398 g/mol. The number of aliphatic hydroxyl groups is 1. The van der Waals surface area contributed by atoms with E-state index in [4.69, 9.17) is 4.18 Å². The lowest BCUT2D eigenvalue weighted by Gasteiger charge is -2.59. The van der Waals surface area contributed by atoms with Gasteiger partial charge >= 0.3 is 10.4 Å². The standard InChI is InChI=1S/C21H34O5S/c1-4-21(26-27(23,24)25)12-9-18-16-6-5-14-13-15(22)7-10-19(14,2)17(16)8-11-20(18,21)3/h13,15-18,22H,4-12H2,1-3H3,(H,23,24,25)/t15-,16+,17-,18-,19-,20-,21+/m0/s1. The first-order valence-electron chi connectivity index (χ1n) is 10.6. The summed E-state index contributed by atoms with van der Waals surface area (Å²) in [6, 6.07) is 0. The Morgan fingerprint density at radius 2 is 1.81 bits per heavy atom. The molecule has 0 saturated heterocycles. The molecule has 0 aromatic heterocycles. The molecule has 0 heterocycles. The number of allylic oxidation sites excluding steroid dienone is 1. The Hall–Kier alpha value is -0.430. The van der Waals surface area contributed by atoms with Crippen molar-refractivity contribution in [1.82, 2.24) is 0 Å². The lowest BCUT2D eigenvalue weighted by atomic mass is 9.46. The van der Waals surface area contributed by atoms with Crippen LogP contribution in [0.2, 0.25) is 0 Å². The molecule has 6 heteroatoms. The van der Waals surface area contributed by atoms with Crippen LogP contribution in [0.25, 0.3) is 0 Å². The third-order valence-electron chi connectivity index (χ3n) is 9.21. The Bertz CT molecular complexity index is 746. The van der Waals surface area contributed by atoms with Crippen molar-refractivity contribution in [3.63, 3.8) is 0 Å². The highest BCUT2D eigenvalue weighted by Gasteiger charge is 2.65. The van der Waals surface area contributed by atoms with Gasteiger partial charge in [0.05, 0.1) is 11.7 Å². The van der Waals surface area contributed by atoms with Gasteiger partial charge in [0.15, 0.2) is 0 Å². The van der Waals surface area contributed by atoms with Gasteiger partial charge in [-0.1, -0.05) is 32.4 Å². The van der Waals surface area contributed by atoms with Gasteiger partial charge in [-0.2, -0.15) is 8.42 Å². The zero-order valence-electron chi connectivity index (χ0n) is 16.8. The third-order valence-corrected chi connectivity index (χ3v) is 9.74. The molecule has 3 saturated carbocycles. The van der Waals surface area contributed by atoms with Crippen LogP contribution in [0, 0.1) is 28.6 Å².